The predicted octanol–water partition coefficient (Wildman–Crippen LogP) is 2.44. The van der Waals surface area contributed by atoms with Crippen LogP contribution in [0.25, 0.3) is 0 Å². The van der Waals surface area contributed by atoms with E-state index in [0.29, 0.717) is 6.54 Å². The molecular weight excluding hydrogens is 252 g/mol. The van der Waals surface area contributed by atoms with Gasteiger partial charge in [-0.1, -0.05) is 6.92 Å². The zero-order chi connectivity index (χ0) is 14.5. The number of likely N-dealkylation sites (tertiary alicyclic amines) is 1. The average molecular weight is 278 g/mol. The van der Waals surface area contributed by atoms with Crippen molar-refractivity contribution in [2.24, 2.45) is 11.7 Å². The van der Waals surface area contributed by atoms with Crippen LogP contribution in [0.2, 0.25) is 0 Å². The topological polar surface area (TPSA) is 47.7 Å². The number of methoxy groups -OCH3 is 2. The van der Waals surface area contributed by atoms with Crippen LogP contribution in [0.1, 0.15) is 31.4 Å². The fourth-order valence-electron chi connectivity index (χ4n) is 2.91. The Morgan fingerprint density at radius 3 is 2.50 bits per heavy atom. The molecule has 0 aromatic heterocycles. The van der Waals surface area contributed by atoms with Gasteiger partial charge >= 0.3 is 0 Å². The standard InChI is InChI=1S/C16H26N2O2/c1-12-6-8-18(9-7-12)15(11-17)14-10-13(19-2)4-5-16(14)20-3/h4-5,10,12,15H,6-9,11,17H2,1-3H3. The van der Waals surface area contributed by atoms with Gasteiger partial charge in [-0.25, -0.2) is 0 Å². The number of benzene rings is 1. The van der Waals surface area contributed by atoms with Crippen LogP contribution in [0.4, 0.5) is 0 Å². The molecule has 1 aliphatic heterocycles. The largest absolute Gasteiger partial charge is 0.497 e. The van der Waals surface area contributed by atoms with Gasteiger partial charge in [0.2, 0.25) is 0 Å². The molecule has 4 heteroatoms. The lowest BCUT2D eigenvalue weighted by molar-refractivity contribution is 0.139. The smallest absolute Gasteiger partial charge is 0.123 e. The summed E-state index contributed by atoms with van der Waals surface area (Å²) in [4.78, 5) is 2.47. The molecule has 0 radical (unpaired) electrons. The summed E-state index contributed by atoms with van der Waals surface area (Å²) in [7, 11) is 3.39. The molecule has 1 fully saturated rings. The predicted molar refractivity (Wildman–Crippen MR) is 81.3 cm³/mol. The first kappa shape index (κ1) is 15.1. The first-order valence-electron chi connectivity index (χ1n) is 7.35. The van der Waals surface area contributed by atoms with Gasteiger partial charge in [0.1, 0.15) is 11.5 Å². The van der Waals surface area contributed by atoms with E-state index in [1.807, 2.05) is 18.2 Å². The molecule has 1 aromatic rings. The maximum Gasteiger partial charge on any atom is 0.123 e. The molecule has 20 heavy (non-hydrogen) atoms. The Hall–Kier alpha value is -1.26. The summed E-state index contributed by atoms with van der Waals surface area (Å²) in [6.07, 6.45) is 2.48. The second-order valence-electron chi connectivity index (χ2n) is 5.58. The normalized spacial score (nSPS) is 18.8. The highest BCUT2D eigenvalue weighted by atomic mass is 16.5. The van der Waals surface area contributed by atoms with Crippen LogP contribution in [0.3, 0.4) is 0 Å². The second kappa shape index (κ2) is 6.95. The molecule has 0 aliphatic carbocycles. The number of rotatable bonds is 5. The number of ether oxygens (including phenoxy) is 2. The summed E-state index contributed by atoms with van der Waals surface area (Å²) in [6, 6.07) is 6.14. The minimum atomic E-state index is 0.201. The summed E-state index contributed by atoms with van der Waals surface area (Å²) in [5.41, 5.74) is 7.18. The number of hydrogen-bond donors (Lipinski definition) is 1. The maximum atomic E-state index is 6.05. The third kappa shape index (κ3) is 3.25. The van der Waals surface area contributed by atoms with Gasteiger partial charge in [0.05, 0.1) is 20.3 Å². The molecule has 112 valence electrons. The molecule has 1 aromatic carbocycles. The Labute approximate surface area is 121 Å². The Bertz CT molecular complexity index is 428. The molecule has 0 spiro atoms. The van der Waals surface area contributed by atoms with Crippen molar-refractivity contribution in [2.75, 3.05) is 33.9 Å². The lowest BCUT2D eigenvalue weighted by atomic mass is 9.95. The summed E-state index contributed by atoms with van der Waals surface area (Å²) in [5.74, 6) is 2.56. The van der Waals surface area contributed by atoms with Crippen LogP contribution in [-0.2, 0) is 0 Å². The summed E-state index contributed by atoms with van der Waals surface area (Å²) in [6.45, 7) is 5.12. The number of hydrogen-bond acceptors (Lipinski definition) is 4. The molecule has 1 saturated heterocycles. The van der Waals surface area contributed by atoms with E-state index in [4.69, 9.17) is 15.2 Å². The van der Waals surface area contributed by atoms with E-state index in [1.54, 1.807) is 14.2 Å². The van der Waals surface area contributed by atoms with Gasteiger partial charge in [0.15, 0.2) is 0 Å². The van der Waals surface area contributed by atoms with E-state index < -0.39 is 0 Å². The van der Waals surface area contributed by atoms with Crippen molar-refractivity contribution in [2.45, 2.75) is 25.8 Å². The maximum absolute atomic E-state index is 6.05. The fraction of sp³-hybridized carbons (Fsp3) is 0.625. The Kier molecular flexibility index (Phi) is 5.26. The Morgan fingerprint density at radius 1 is 1.25 bits per heavy atom. The highest BCUT2D eigenvalue weighted by Gasteiger charge is 2.26. The molecule has 0 amide bonds. The van der Waals surface area contributed by atoms with Crippen molar-refractivity contribution in [1.82, 2.24) is 4.90 Å². The SMILES string of the molecule is COc1ccc(OC)c(C(CN)N2CCC(C)CC2)c1. The molecule has 1 atom stereocenters. The van der Waals surface area contributed by atoms with E-state index in [2.05, 4.69) is 11.8 Å². The molecular formula is C16H26N2O2. The van der Waals surface area contributed by atoms with Crippen LogP contribution < -0.4 is 15.2 Å². The van der Waals surface area contributed by atoms with Gasteiger partial charge in [-0.05, 0) is 50.0 Å². The lowest BCUT2D eigenvalue weighted by Crippen LogP contribution is -2.39. The van der Waals surface area contributed by atoms with E-state index in [9.17, 15) is 0 Å². The number of nitrogens with zero attached hydrogens (tertiary/aromatic N) is 1. The zero-order valence-electron chi connectivity index (χ0n) is 12.8. The highest BCUT2D eigenvalue weighted by molar-refractivity contribution is 5.42. The zero-order valence-corrected chi connectivity index (χ0v) is 12.8. The second-order valence-corrected chi connectivity index (χ2v) is 5.58. The molecule has 0 bridgehead atoms. The van der Waals surface area contributed by atoms with Gasteiger partial charge in [-0.2, -0.15) is 0 Å². The van der Waals surface area contributed by atoms with E-state index in [-0.39, 0.29) is 6.04 Å². The van der Waals surface area contributed by atoms with Crippen LogP contribution >= 0.6 is 0 Å². The molecule has 0 saturated carbocycles. The van der Waals surface area contributed by atoms with Gasteiger partial charge < -0.3 is 15.2 Å². The van der Waals surface area contributed by atoms with Gasteiger partial charge in [-0.3, -0.25) is 4.90 Å². The first-order chi connectivity index (χ1) is 9.69. The highest BCUT2D eigenvalue weighted by Crippen LogP contribution is 2.34. The van der Waals surface area contributed by atoms with Crippen molar-refractivity contribution >= 4 is 0 Å². The Balaban J connectivity index is 2.25. The van der Waals surface area contributed by atoms with Crippen molar-refractivity contribution in [3.8, 4) is 11.5 Å². The quantitative estimate of drug-likeness (QED) is 0.898. The molecule has 1 heterocycles. The first-order valence-corrected chi connectivity index (χ1v) is 7.35. The van der Waals surface area contributed by atoms with Crippen LogP contribution in [0.15, 0.2) is 18.2 Å². The third-order valence-corrected chi connectivity index (χ3v) is 4.28. The Morgan fingerprint density at radius 2 is 1.95 bits per heavy atom. The van der Waals surface area contributed by atoms with Gasteiger partial charge in [0, 0.05) is 12.1 Å². The summed E-state index contributed by atoms with van der Waals surface area (Å²) < 4.78 is 10.8. The molecule has 4 nitrogen and oxygen atoms in total. The molecule has 2 N–H and O–H groups in total. The van der Waals surface area contributed by atoms with Gasteiger partial charge in [0.25, 0.3) is 0 Å². The average Bonchev–Trinajstić information content (AvgIpc) is 2.49. The third-order valence-electron chi connectivity index (χ3n) is 4.28. The minimum absolute atomic E-state index is 0.201. The lowest BCUT2D eigenvalue weighted by Gasteiger charge is -2.37. The van der Waals surface area contributed by atoms with Crippen molar-refractivity contribution in [3.63, 3.8) is 0 Å². The van der Waals surface area contributed by atoms with Crippen molar-refractivity contribution < 1.29 is 9.47 Å². The van der Waals surface area contributed by atoms with E-state index in [0.717, 1.165) is 36.1 Å². The minimum Gasteiger partial charge on any atom is -0.497 e. The van der Waals surface area contributed by atoms with Crippen LogP contribution in [0, 0.1) is 5.92 Å². The van der Waals surface area contributed by atoms with Gasteiger partial charge in [-0.15, -0.1) is 0 Å². The number of piperidine rings is 1. The molecule has 2 rings (SSSR count). The van der Waals surface area contributed by atoms with Crippen molar-refractivity contribution in [3.05, 3.63) is 23.8 Å². The summed E-state index contributed by atoms with van der Waals surface area (Å²) in [5, 5.41) is 0. The molecule has 1 aliphatic rings. The monoisotopic (exact) mass is 278 g/mol. The van der Waals surface area contributed by atoms with E-state index in [1.165, 1.54) is 12.8 Å². The van der Waals surface area contributed by atoms with Crippen LogP contribution in [0.5, 0.6) is 11.5 Å². The summed E-state index contributed by atoms with van der Waals surface area (Å²) >= 11 is 0. The fourth-order valence-corrected chi connectivity index (χ4v) is 2.91. The van der Waals surface area contributed by atoms with E-state index >= 15 is 0 Å². The van der Waals surface area contributed by atoms with Crippen molar-refractivity contribution in [1.29, 1.82) is 0 Å². The van der Waals surface area contributed by atoms with Crippen LogP contribution in [-0.4, -0.2) is 38.8 Å². The number of nitrogens with two attached hydrogens (primary N) is 1. The molecule has 1 unspecified atom stereocenters.